The molecule has 0 heterocycles. The summed E-state index contributed by atoms with van der Waals surface area (Å²) in [4.78, 5) is 0. The minimum absolute atomic E-state index is 0. The van der Waals surface area contributed by atoms with E-state index in [0.29, 0.717) is 13.2 Å². The minimum atomic E-state index is 0. The van der Waals surface area contributed by atoms with E-state index in [9.17, 15) is 0 Å². The van der Waals surface area contributed by atoms with Crippen LogP contribution in [0.15, 0.2) is 0 Å². The summed E-state index contributed by atoms with van der Waals surface area (Å²) < 4.78 is 0. The van der Waals surface area contributed by atoms with Crippen LogP contribution in [0.4, 0.5) is 0 Å². The van der Waals surface area contributed by atoms with Gasteiger partial charge in [-0.05, 0) is 12.8 Å². The first-order valence-corrected chi connectivity index (χ1v) is 5.56. The summed E-state index contributed by atoms with van der Waals surface area (Å²) in [5.41, 5.74) is 0. The number of hydrogen-bond acceptors (Lipinski definition) is 2. The Morgan fingerprint density at radius 3 is 1.07 bits per heavy atom. The van der Waals surface area contributed by atoms with Crippen molar-refractivity contribution in [1.82, 2.24) is 0 Å². The van der Waals surface area contributed by atoms with E-state index in [2.05, 4.69) is 13.8 Å². The Labute approximate surface area is 109 Å². The monoisotopic (exact) mass is 260 g/mol. The summed E-state index contributed by atoms with van der Waals surface area (Å²) in [6.45, 7) is 6.68. The van der Waals surface area contributed by atoms with Crippen LogP contribution in [-0.4, -0.2) is 29.3 Å². The second kappa shape index (κ2) is 37.0. The maximum absolute atomic E-state index is 8.07. The first-order valence-electron chi connectivity index (χ1n) is 5.02. The van der Waals surface area contributed by atoms with Crippen LogP contribution in [0, 0.1) is 0 Å². The van der Waals surface area contributed by atoms with Crippen molar-refractivity contribution in [3.63, 3.8) is 0 Å². The fraction of sp³-hybridized carbons (Fsp3) is 1.00. The molecule has 2 nitrogen and oxygen atoms in total. The third-order valence-electron chi connectivity index (χ3n) is 1.02. The quantitative estimate of drug-likeness (QED) is 0.603. The maximum atomic E-state index is 8.07. The van der Waals surface area contributed by atoms with Crippen molar-refractivity contribution in [2.75, 3.05) is 19.1 Å². The maximum Gasteiger partial charge on any atom is 0.0430 e. The molecule has 0 unspecified atom stereocenters. The van der Waals surface area contributed by atoms with E-state index < -0.39 is 0 Å². The summed E-state index contributed by atoms with van der Waals surface area (Å²) in [6, 6.07) is 0. The van der Waals surface area contributed by atoms with Crippen molar-refractivity contribution in [2.45, 2.75) is 46.5 Å². The molecule has 88 valence electrons. The van der Waals surface area contributed by atoms with Gasteiger partial charge in [0.15, 0.2) is 0 Å². The van der Waals surface area contributed by atoms with E-state index in [-0.39, 0.29) is 21.7 Å². The number of rotatable bonds is 4. The molecular weight excluding hydrogens is 235 g/mol. The average Bonchev–Trinajstić information content (AvgIpc) is 2.09. The minimum Gasteiger partial charge on any atom is -0.396 e. The van der Waals surface area contributed by atoms with Crippen LogP contribution in [0.2, 0.25) is 0 Å². The van der Waals surface area contributed by atoms with E-state index in [0.717, 1.165) is 31.6 Å². The van der Waals surface area contributed by atoms with Crippen molar-refractivity contribution in [3.8, 4) is 0 Å². The average molecular weight is 261 g/mol. The Kier molecular flexibility index (Phi) is 64.1. The standard InChI is InChI=1S/2C4H10O.C2H5Cl.Ti/c2*1-2-3-4-5;1-2-3;/h2*5H,2-4H2,1H3;2H2,1H3;. The van der Waals surface area contributed by atoms with Gasteiger partial charge >= 0.3 is 0 Å². The van der Waals surface area contributed by atoms with Gasteiger partial charge in [0.1, 0.15) is 0 Å². The Hall–Kier alpha value is 0.924. The normalized spacial score (nSPS) is 7.29. The summed E-state index contributed by atoms with van der Waals surface area (Å²) in [7, 11) is 0. The zero-order valence-electron chi connectivity index (χ0n) is 9.72. The van der Waals surface area contributed by atoms with E-state index in [1.54, 1.807) is 0 Å². The molecule has 0 atom stereocenters. The fourth-order valence-corrected chi connectivity index (χ4v) is 0.316. The van der Waals surface area contributed by atoms with E-state index >= 15 is 0 Å². The molecule has 0 aromatic rings. The molecule has 2 N–H and O–H groups in total. The molecule has 4 heteroatoms. The van der Waals surface area contributed by atoms with Gasteiger partial charge < -0.3 is 10.2 Å². The van der Waals surface area contributed by atoms with Gasteiger partial charge in [-0.2, -0.15) is 0 Å². The van der Waals surface area contributed by atoms with Crippen molar-refractivity contribution in [2.24, 2.45) is 0 Å². The van der Waals surface area contributed by atoms with Gasteiger partial charge in [-0.25, -0.2) is 0 Å². The summed E-state index contributed by atoms with van der Waals surface area (Å²) in [5.74, 6) is 0.722. The Morgan fingerprint density at radius 1 is 0.857 bits per heavy atom. The molecule has 14 heavy (non-hydrogen) atoms. The number of aliphatic hydroxyl groups is 2. The Balaban J connectivity index is -0.0000000535. The summed E-state index contributed by atoms with van der Waals surface area (Å²) >= 11 is 5.00. The van der Waals surface area contributed by atoms with Crippen LogP contribution in [0.3, 0.4) is 0 Å². The third-order valence-corrected chi connectivity index (χ3v) is 1.02. The number of hydrogen-bond donors (Lipinski definition) is 2. The Morgan fingerprint density at radius 2 is 1.07 bits per heavy atom. The molecule has 0 saturated heterocycles. The predicted molar refractivity (Wildman–Crippen MR) is 60.4 cm³/mol. The molecule has 0 aromatic carbocycles. The van der Waals surface area contributed by atoms with Crippen molar-refractivity contribution in [1.29, 1.82) is 0 Å². The smallest absolute Gasteiger partial charge is 0.0430 e. The molecule has 0 rings (SSSR count). The third kappa shape index (κ3) is 75.8. The van der Waals surface area contributed by atoms with Crippen molar-refractivity contribution >= 4 is 11.6 Å². The van der Waals surface area contributed by atoms with E-state index in [4.69, 9.17) is 21.8 Å². The molecule has 0 bridgehead atoms. The van der Waals surface area contributed by atoms with Gasteiger partial charge in [-0.1, -0.05) is 33.6 Å². The van der Waals surface area contributed by atoms with Crippen LogP contribution in [0.25, 0.3) is 0 Å². The first-order chi connectivity index (χ1) is 6.24. The second-order valence-electron chi connectivity index (χ2n) is 2.42. The van der Waals surface area contributed by atoms with Gasteiger partial charge in [-0.15, -0.1) is 11.6 Å². The number of alkyl halides is 1. The van der Waals surface area contributed by atoms with Crippen molar-refractivity contribution in [3.05, 3.63) is 0 Å². The van der Waals surface area contributed by atoms with Gasteiger partial charge in [0.25, 0.3) is 0 Å². The molecule has 0 aliphatic rings. The molecule has 0 aromatic heterocycles. The van der Waals surface area contributed by atoms with Crippen LogP contribution in [0.5, 0.6) is 0 Å². The molecular formula is C10H25ClO2Ti. The van der Waals surface area contributed by atoms with E-state index in [1.165, 1.54) is 0 Å². The summed E-state index contributed by atoms with van der Waals surface area (Å²) in [5, 5.41) is 16.1. The molecule has 0 spiro atoms. The Bertz CT molecular complexity index is 47.4. The van der Waals surface area contributed by atoms with Gasteiger partial charge in [-0.3, -0.25) is 0 Å². The molecule has 0 radical (unpaired) electrons. The SMILES string of the molecule is CCCCO.CCCCO.CCCl.[Ti]. The molecule has 0 amide bonds. The first kappa shape index (κ1) is 24.2. The van der Waals surface area contributed by atoms with Gasteiger partial charge in [0.05, 0.1) is 0 Å². The number of halogens is 1. The van der Waals surface area contributed by atoms with Crippen LogP contribution >= 0.6 is 11.6 Å². The van der Waals surface area contributed by atoms with Crippen LogP contribution in [0.1, 0.15) is 46.5 Å². The van der Waals surface area contributed by atoms with Crippen LogP contribution < -0.4 is 0 Å². The second-order valence-corrected chi connectivity index (χ2v) is 2.96. The van der Waals surface area contributed by atoms with Gasteiger partial charge in [0, 0.05) is 40.8 Å². The predicted octanol–water partition coefficient (Wildman–Crippen LogP) is 2.80. The fourth-order valence-electron chi connectivity index (χ4n) is 0.316. The largest absolute Gasteiger partial charge is 0.396 e. The topological polar surface area (TPSA) is 40.5 Å². The molecule has 0 aliphatic heterocycles. The van der Waals surface area contributed by atoms with Crippen molar-refractivity contribution < 1.29 is 31.9 Å². The zero-order valence-corrected chi connectivity index (χ0v) is 12.0. The molecule has 0 aliphatic carbocycles. The molecule has 0 fully saturated rings. The zero-order chi connectivity index (χ0) is 10.9. The summed E-state index contributed by atoms with van der Waals surface area (Å²) in [6.07, 6.45) is 4.08. The van der Waals surface area contributed by atoms with Gasteiger partial charge in [0.2, 0.25) is 0 Å². The number of unbranched alkanes of at least 4 members (excludes halogenated alkanes) is 2. The molecule has 0 saturated carbocycles. The van der Waals surface area contributed by atoms with Crippen LogP contribution in [-0.2, 0) is 21.7 Å². The number of aliphatic hydroxyl groups excluding tert-OH is 2. The van der Waals surface area contributed by atoms with E-state index in [1.807, 2.05) is 6.92 Å².